The van der Waals surface area contributed by atoms with E-state index in [0.29, 0.717) is 6.07 Å². The summed E-state index contributed by atoms with van der Waals surface area (Å²) in [4.78, 5) is 10.3. The fourth-order valence-corrected chi connectivity index (χ4v) is 3.40. The van der Waals surface area contributed by atoms with Crippen LogP contribution in [0.1, 0.15) is 16.7 Å². The lowest BCUT2D eigenvalue weighted by Crippen LogP contribution is -2.24. The molecule has 2 aromatic carbocycles. The van der Waals surface area contributed by atoms with E-state index in [1.54, 1.807) is 6.07 Å². The Labute approximate surface area is 168 Å². The molecule has 0 unspecified atom stereocenters. The molecule has 0 aromatic heterocycles. The van der Waals surface area contributed by atoms with Gasteiger partial charge in [0.1, 0.15) is 17.3 Å². The minimum absolute atomic E-state index is 0.0651. The predicted molar refractivity (Wildman–Crippen MR) is 96.7 cm³/mol. The summed E-state index contributed by atoms with van der Waals surface area (Å²) in [6.07, 6.45) is 1.59. The molecule has 30 heavy (non-hydrogen) atoms. The van der Waals surface area contributed by atoms with Crippen LogP contribution in [0.3, 0.4) is 0 Å². The van der Waals surface area contributed by atoms with Crippen molar-refractivity contribution in [2.75, 3.05) is 7.11 Å². The summed E-state index contributed by atoms with van der Waals surface area (Å²) in [5, 5.41) is 8.90. The number of methoxy groups -OCH3 is 1. The highest BCUT2D eigenvalue weighted by Gasteiger charge is 2.48. The molecule has 0 fully saturated rings. The van der Waals surface area contributed by atoms with Gasteiger partial charge in [-0.2, -0.15) is 18.4 Å². The SMILES string of the molecule is COC(=O)/C=C/c1c(S(=O)(=O)C(F)(F)F)ccc(Oc2cc(F)cc(C#N)c2)c1C. The molecule has 11 heteroatoms. The summed E-state index contributed by atoms with van der Waals surface area (Å²) in [5.41, 5.74) is -6.19. The van der Waals surface area contributed by atoms with Gasteiger partial charge in [-0.25, -0.2) is 17.6 Å². The second kappa shape index (κ2) is 8.54. The maximum Gasteiger partial charge on any atom is 0.501 e. The number of sulfone groups is 1. The zero-order valence-corrected chi connectivity index (χ0v) is 16.3. The van der Waals surface area contributed by atoms with E-state index in [0.717, 1.165) is 37.5 Å². The highest BCUT2D eigenvalue weighted by molar-refractivity contribution is 7.92. The number of alkyl halides is 3. The van der Waals surface area contributed by atoms with Crippen LogP contribution in [0.2, 0.25) is 0 Å². The van der Waals surface area contributed by atoms with Crippen LogP contribution in [0.15, 0.2) is 41.3 Å². The summed E-state index contributed by atoms with van der Waals surface area (Å²) < 4.78 is 86.5. The third-order valence-electron chi connectivity index (χ3n) is 3.83. The van der Waals surface area contributed by atoms with Crippen LogP contribution in [0.4, 0.5) is 17.6 Å². The van der Waals surface area contributed by atoms with Crippen molar-refractivity contribution in [3.05, 3.63) is 58.9 Å². The molecule has 0 aliphatic heterocycles. The van der Waals surface area contributed by atoms with Gasteiger partial charge in [0.2, 0.25) is 0 Å². The van der Waals surface area contributed by atoms with Gasteiger partial charge in [-0.05, 0) is 37.3 Å². The molecule has 6 nitrogen and oxygen atoms in total. The number of carbonyl (C=O) groups excluding carboxylic acids is 1. The normalized spacial score (nSPS) is 11.9. The third kappa shape index (κ3) is 4.77. The van der Waals surface area contributed by atoms with Gasteiger partial charge in [-0.15, -0.1) is 0 Å². The summed E-state index contributed by atoms with van der Waals surface area (Å²) in [6, 6.07) is 6.41. The van der Waals surface area contributed by atoms with Gasteiger partial charge in [-0.3, -0.25) is 0 Å². The Morgan fingerprint density at radius 1 is 1.20 bits per heavy atom. The largest absolute Gasteiger partial charge is 0.501 e. The van der Waals surface area contributed by atoms with Crippen LogP contribution < -0.4 is 4.74 Å². The monoisotopic (exact) mass is 443 g/mol. The molecule has 0 spiro atoms. The molecule has 2 rings (SSSR count). The van der Waals surface area contributed by atoms with E-state index >= 15 is 0 Å². The Bertz CT molecular complexity index is 1160. The summed E-state index contributed by atoms with van der Waals surface area (Å²) in [7, 11) is -4.72. The Kier molecular flexibility index (Phi) is 6.52. The molecule has 0 bridgehead atoms. The van der Waals surface area contributed by atoms with Crippen molar-refractivity contribution in [2.45, 2.75) is 17.3 Å². The van der Waals surface area contributed by atoms with Crippen molar-refractivity contribution in [3.8, 4) is 17.6 Å². The molecule has 0 saturated carbocycles. The molecule has 0 amide bonds. The first-order valence-electron chi connectivity index (χ1n) is 8.00. The fraction of sp³-hybridized carbons (Fsp3) is 0.158. The van der Waals surface area contributed by atoms with E-state index in [9.17, 15) is 30.8 Å². The quantitative estimate of drug-likeness (QED) is 0.389. The molecule has 158 valence electrons. The molecule has 0 atom stereocenters. The van der Waals surface area contributed by atoms with Gasteiger partial charge in [0.15, 0.2) is 0 Å². The number of ether oxygens (including phenoxy) is 2. The summed E-state index contributed by atoms with van der Waals surface area (Å²) in [5.74, 6) is -1.97. The molecule has 0 aliphatic rings. The highest BCUT2D eigenvalue weighted by Crippen LogP contribution is 2.38. The first-order chi connectivity index (χ1) is 13.9. The molecule has 0 saturated heterocycles. The summed E-state index contributed by atoms with van der Waals surface area (Å²) >= 11 is 0. The first-order valence-corrected chi connectivity index (χ1v) is 9.48. The van der Waals surface area contributed by atoms with Gasteiger partial charge >= 0.3 is 11.5 Å². The molecular formula is C19H13F4NO5S. The lowest BCUT2D eigenvalue weighted by molar-refractivity contribution is -0.134. The molecular weight excluding hydrogens is 430 g/mol. The van der Waals surface area contributed by atoms with E-state index in [1.807, 2.05) is 0 Å². The Morgan fingerprint density at radius 2 is 1.87 bits per heavy atom. The zero-order chi connectivity index (χ0) is 22.7. The number of benzene rings is 2. The average Bonchev–Trinajstić information content (AvgIpc) is 2.66. The first kappa shape index (κ1) is 22.9. The van der Waals surface area contributed by atoms with Gasteiger partial charge in [0.05, 0.1) is 23.6 Å². The molecule has 0 radical (unpaired) electrons. The van der Waals surface area contributed by atoms with Crippen molar-refractivity contribution >= 4 is 21.9 Å². The molecule has 0 heterocycles. The smallest absolute Gasteiger partial charge is 0.466 e. The predicted octanol–water partition coefficient (Wildman–Crippen LogP) is 4.28. The van der Waals surface area contributed by atoms with Crippen LogP contribution in [0, 0.1) is 24.1 Å². The lowest BCUT2D eigenvalue weighted by atomic mass is 10.1. The van der Waals surface area contributed by atoms with Crippen molar-refractivity contribution in [2.24, 2.45) is 0 Å². The maximum atomic E-state index is 13.6. The van der Waals surface area contributed by atoms with Crippen molar-refractivity contribution < 1.29 is 40.2 Å². The lowest BCUT2D eigenvalue weighted by Gasteiger charge is -2.16. The number of carbonyl (C=O) groups is 1. The number of halogens is 4. The van der Waals surface area contributed by atoms with Crippen LogP contribution in [-0.4, -0.2) is 27.0 Å². The maximum absolute atomic E-state index is 13.6. The van der Waals surface area contributed by atoms with Crippen LogP contribution in [0.5, 0.6) is 11.5 Å². The Hall–Kier alpha value is -3.39. The molecule has 0 N–H and O–H groups in total. The van der Waals surface area contributed by atoms with Crippen LogP contribution >= 0.6 is 0 Å². The molecule has 2 aromatic rings. The highest BCUT2D eigenvalue weighted by atomic mass is 32.2. The van der Waals surface area contributed by atoms with Crippen molar-refractivity contribution in [1.29, 1.82) is 5.26 Å². The minimum atomic E-state index is -5.75. The fourth-order valence-electron chi connectivity index (χ4n) is 2.39. The second-order valence-corrected chi connectivity index (χ2v) is 7.71. The number of hydrogen-bond acceptors (Lipinski definition) is 6. The second-order valence-electron chi connectivity index (χ2n) is 5.80. The Morgan fingerprint density at radius 3 is 2.43 bits per heavy atom. The number of rotatable bonds is 5. The Balaban J connectivity index is 2.66. The summed E-state index contributed by atoms with van der Waals surface area (Å²) in [6.45, 7) is 1.26. The van der Waals surface area contributed by atoms with E-state index in [4.69, 9.17) is 10.00 Å². The average molecular weight is 443 g/mol. The number of hydrogen-bond donors (Lipinski definition) is 0. The van der Waals surface area contributed by atoms with Crippen molar-refractivity contribution in [3.63, 3.8) is 0 Å². The third-order valence-corrected chi connectivity index (χ3v) is 5.38. The number of esters is 1. The van der Waals surface area contributed by atoms with E-state index in [2.05, 4.69) is 4.74 Å². The van der Waals surface area contributed by atoms with Crippen LogP contribution in [0.25, 0.3) is 6.08 Å². The van der Waals surface area contributed by atoms with Gasteiger partial charge < -0.3 is 9.47 Å². The minimum Gasteiger partial charge on any atom is -0.466 e. The van der Waals surface area contributed by atoms with Gasteiger partial charge in [-0.1, -0.05) is 0 Å². The number of nitrogens with zero attached hydrogens (tertiary/aromatic N) is 1. The van der Waals surface area contributed by atoms with Gasteiger partial charge in [0.25, 0.3) is 9.84 Å². The number of nitriles is 1. The molecule has 0 aliphatic carbocycles. The zero-order valence-electron chi connectivity index (χ0n) is 15.5. The van der Waals surface area contributed by atoms with E-state index < -0.39 is 37.6 Å². The standard InChI is InChI=1S/C19H13F4NO5S/c1-11-15(3-6-18(25)28-2)17(30(26,27)19(21,22)23)5-4-16(11)29-14-8-12(10-24)7-13(20)9-14/h3-9H,1-2H3/b6-3+. The van der Waals surface area contributed by atoms with Gasteiger partial charge in [0, 0.05) is 23.3 Å². The van der Waals surface area contributed by atoms with E-state index in [1.165, 1.54) is 13.0 Å². The topological polar surface area (TPSA) is 93.5 Å². The van der Waals surface area contributed by atoms with Crippen molar-refractivity contribution in [1.82, 2.24) is 0 Å². The van der Waals surface area contributed by atoms with E-state index in [-0.39, 0.29) is 22.6 Å². The van der Waals surface area contributed by atoms with Crippen LogP contribution in [-0.2, 0) is 19.4 Å².